The maximum Gasteiger partial charge on any atom is 0.234 e. The zero-order valence-electron chi connectivity index (χ0n) is 16.0. The Morgan fingerprint density at radius 1 is 1.10 bits per heavy atom. The van der Waals surface area contributed by atoms with Crippen molar-refractivity contribution in [2.45, 2.75) is 11.8 Å². The quantitative estimate of drug-likeness (QED) is 0.446. The maximum absolute atomic E-state index is 12.2. The minimum Gasteiger partial charge on any atom is -0.495 e. The number of nitrogens with one attached hydrogen (secondary N) is 1. The van der Waals surface area contributed by atoms with Crippen LogP contribution in [0.3, 0.4) is 0 Å². The molecule has 1 heterocycles. The third-order valence-electron chi connectivity index (χ3n) is 3.94. The van der Waals surface area contributed by atoms with Crippen molar-refractivity contribution in [2.75, 3.05) is 18.2 Å². The molecular formula is C19H17Cl3N4O3S. The molecule has 7 nitrogen and oxygen atoms in total. The highest BCUT2D eigenvalue weighted by molar-refractivity contribution is 7.99. The predicted molar refractivity (Wildman–Crippen MR) is 119 cm³/mol. The molecule has 0 radical (unpaired) electrons. The Hall–Kier alpha value is -2.13. The predicted octanol–water partition coefficient (Wildman–Crippen LogP) is 5.09. The van der Waals surface area contributed by atoms with Crippen LogP contribution in [0.25, 0.3) is 0 Å². The molecule has 3 rings (SSSR count). The van der Waals surface area contributed by atoms with E-state index < -0.39 is 0 Å². The smallest absolute Gasteiger partial charge is 0.234 e. The lowest BCUT2D eigenvalue weighted by Gasteiger charge is -2.09. The van der Waals surface area contributed by atoms with E-state index in [1.54, 1.807) is 48.0 Å². The summed E-state index contributed by atoms with van der Waals surface area (Å²) in [5.41, 5.74) is 0.582. The molecule has 30 heavy (non-hydrogen) atoms. The first-order valence-corrected chi connectivity index (χ1v) is 10.7. The van der Waals surface area contributed by atoms with E-state index in [1.807, 2.05) is 0 Å². The number of hydrogen-bond donors (Lipinski definition) is 1. The number of methoxy groups -OCH3 is 1. The van der Waals surface area contributed by atoms with Crippen LogP contribution in [-0.4, -0.2) is 33.5 Å². The number of nitrogens with zero attached hydrogens (tertiary/aromatic N) is 3. The van der Waals surface area contributed by atoms with Crippen molar-refractivity contribution in [3.05, 3.63) is 57.3 Å². The van der Waals surface area contributed by atoms with E-state index in [1.165, 1.54) is 18.9 Å². The fourth-order valence-electron chi connectivity index (χ4n) is 2.40. The van der Waals surface area contributed by atoms with Crippen LogP contribution in [0.1, 0.15) is 5.82 Å². The van der Waals surface area contributed by atoms with Crippen molar-refractivity contribution >= 4 is 58.2 Å². The zero-order chi connectivity index (χ0) is 21.7. The second-order valence-corrected chi connectivity index (χ2v) is 8.20. The topological polar surface area (TPSA) is 78.3 Å². The number of rotatable bonds is 8. The molecule has 3 aromatic rings. The number of benzene rings is 2. The molecule has 0 aliphatic carbocycles. The first-order chi connectivity index (χ1) is 14.4. The van der Waals surface area contributed by atoms with Gasteiger partial charge in [0.15, 0.2) is 11.0 Å². The van der Waals surface area contributed by atoms with Crippen LogP contribution in [0, 0.1) is 0 Å². The molecule has 1 amide bonds. The molecule has 0 aliphatic rings. The summed E-state index contributed by atoms with van der Waals surface area (Å²) in [5.74, 6) is 1.58. The number of amides is 1. The summed E-state index contributed by atoms with van der Waals surface area (Å²) in [7, 11) is 3.33. The maximum atomic E-state index is 12.2. The van der Waals surface area contributed by atoms with Crippen molar-refractivity contribution in [1.29, 1.82) is 0 Å². The molecule has 0 saturated heterocycles. The SMILES string of the molecule is COc1ccc(NC(=O)CSc2nnc(COc3ccc(Cl)cc3Cl)n2C)cc1Cl. The molecule has 158 valence electrons. The van der Waals surface area contributed by atoms with E-state index in [2.05, 4.69) is 15.5 Å². The number of carbonyl (C=O) groups is 1. The monoisotopic (exact) mass is 486 g/mol. The molecule has 11 heteroatoms. The second kappa shape index (κ2) is 10.3. The molecule has 0 fully saturated rings. The summed E-state index contributed by atoms with van der Waals surface area (Å²) in [6.07, 6.45) is 0. The van der Waals surface area contributed by atoms with Crippen molar-refractivity contribution in [3.63, 3.8) is 0 Å². The Bertz CT molecular complexity index is 1060. The van der Waals surface area contributed by atoms with Gasteiger partial charge in [0.25, 0.3) is 0 Å². The molecule has 0 unspecified atom stereocenters. The van der Waals surface area contributed by atoms with Crippen LogP contribution in [0.2, 0.25) is 15.1 Å². The van der Waals surface area contributed by atoms with Gasteiger partial charge in [-0.1, -0.05) is 46.6 Å². The van der Waals surface area contributed by atoms with E-state index >= 15 is 0 Å². The Morgan fingerprint density at radius 3 is 2.53 bits per heavy atom. The average Bonchev–Trinajstić information content (AvgIpc) is 3.05. The third kappa shape index (κ3) is 5.72. The van der Waals surface area contributed by atoms with Crippen LogP contribution in [0.15, 0.2) is 41.6 Å². The van der Waals surface area contributed by atoms with E-state index in [4.69, 9.17) is 44.3 Å². The van der Waals surface area contributed by atoms with Crippen molar-refractivity contribution in [2.24, 2.45) is 7.05 Å². The van der Waals surface area contributed by atoms with E-state index in [0.717, 1.165) is 0 Å². The van der Waals surface area contributed by atoms with Gasteiger partial charge in [-0.25, -0.2) is 0 Å². The van der Waals surface area contributed by atoms with Crippen LogP contribution in [-0.2, 0) is 18.4 Å². The van der Waals surface area contributed by atoms with Gasteiger partial charge < -0.3 is 19.4 Å². The number of anilines is 1. The van der Waals surface area contributed by atoms with Crippen LogP contribution in [0.4, 0.5) is 5.69 Å². The summed E-state index contributed by atoms with van der Waals surface area (Å²) in [5, 5.41) is 12.9. The van der Waals surface area contributed by atoms with Crippen LogP contribution in [0.5, 0.6) is 11.5 Å². The minimum absolute atomic E-state index is 0.152. The van der Waals surface area contributed by atoms with Gasteiger partial charge in [0, 0.05) is 17.8 Å². The standard InChI is InChI=1S/C19H17Cl3N4O3S/c1-26-17(9-29-16-5-3-11(20)7-13(16)21)24-25-19(26)30-10-18(27)23-12-4-6-15(28-2)14(22)8-12/h3-8H,9-10H2,1-2H3,(H,23,27). The highest BCUT2D eigenvalue weighted by Gasteiger charge is 2.13. The molecule has 1 aromatic heterocycles. The Balaban J connectivity index is 1.54. The van der Waals surface area contributed by atoms with Crippen molar-refractivity contribution in [3.8, 4) is 11.5 Å². The summed E-state index contributed by atoms with van der Waals surface area (Å²) >= 11 is 19.3. The van der Waals surface area contributed by atoms with E-state index in [-0.39, 0.29) is 18.3 Å². The Morgan fingerprint density at radius 2 is 1.83 bits per heavy atom. The van der Waals surface area contributed by atoms with E-state index in [9.17, 15) is 4.79 Å². The van der Waals surface area contributed by atoms with Crippen molar-refractivity contribution in [1.82, 2.24) is 14.8 Å². The van der Waals surface area contributed by atoms with Gasteiger partial charge in [-0.2, -0.15) is 0 Å². The minimum atomic E-state index is -0.199. The van der Waals surface area contributed by atoms with Gasteiger partial charge in [-0.15, -0.1) is 10.2 Å². The van der Waals surface area contributed by atoms with Gasteiger partial charge in [0.05, 0.1) is 22.9 Å². The molecule has 0 atom stereocenters. The molecule has 0 spiro atoms. The molecule has 2 aromatic carbocycles. The Kier molecular flexibility index (Phi) is 7.71. The highest BCUT2D eigenvalue weighted by atomic mass is 35.5. The zero-order valence-corrected chi connectivity index (χ0v) is 19.1. The van der Waals surface area contributed by atoms with E-state index in [0.29, 0.717) is 43.2 Å². The number of aromatic nitrogens is 3. The van der Waals surface area contributed by atoms with Gasteiger partial charge >= 0.3 is 0 Å². The summed E-state index contributed by atoms with van der Waals surface area (Å²) in [6.45, 7) is 0.169. The summed E-state index contributed by atoms with van der Waals surface area (Å²) in [4.78, 5) is 12.2. The summed E-state index contributed by atoms with van der Waals surface area (Å²) in [6, 6.07) is 10.0. The Labute approximate surface area is 192 Å². The van der Waals surface area contributed by atoms with Gasteiger partial charge in [0.1, 0.15) is 18.1 Å². The third-order valence-corrected chi connectivity index (χ3v) is 5.79. The number of hydrogen-bond acceptors (Lipinski definition) is 6. The molecule has 0 aliphatic heterocycles. The fourth-order valence-corrected chi connectivity index (χ4v) is 3.85. The van der Waals surface area contributed by atoms with Crippen LogP contribution < -0.4 is 14.8 Å². The number of carbonyl (C=O) groups excluding carboxylic acids is 1. The van der Waals surface area contributed by atoms with Gasteiger partial charge in [-0.05, 0) is 36.4 Å². The molecule has 0 bridgehead atoms. The summed E-state index contributed by atoms with van der Waals surface area (Å²) < 4.78 is 12.5. The van der Waals surface area contributed by atoms with Crippen molar-refractivity contribution < 1.29 is 14.3 Å². The lowest BCUT2D eigenvalue weighted by atomic mass is 10.3. The lowest BCUT2D eigenvalue weighted by Crippen LogP contribution is -2.14. The second-order valence-electron chi connectivity index (χ2n) is 6.01. The molecule has 1 N–H and O–H groups in total. The fraction of sp³-hybridized carbons (Fsp3) is 0.211. The average molecular weight is 488 g/mol. The lowest BCUT2D eigenvalue weighted by molar-refractivity contribution is -0.113. The first kappa shape index (κ1) is 22.6. The van der Waals surface area contributed by atoms with Crippen LogP contribution >= 0.6 is 46.6 Å². The normalized spacial score (nSPS) is 10.7. The van der Waals surface area contributed by atoms with Gasteiger partial charge in [-0.3, -0.25) is 4.79 Å². The number of thioether (sulfide) groups is 1. The number of ether oxygens (including phenoxy) is 2. The molecule has 0 saturated carbocycles. The number of halogens is 3. The highest BCUT2D eigenvalue weighted by Crippen LogP contribution is 2.29. The largest absolute Gasteiger partial charge is 0.495 e. The van der Waals surface area contributed by atoms with Gasteiger partial charge in [0.2, 0.25) is 5.91 Å². The first-order valence-electron chi connectivity index (χ1n) is 8.59. The molecular weight excluding hydrogens is 471 g/mol.